The van der Waals surface area contributed by atoms with E-state index in [1.165, 1.54) is 6.07 Å². The van der Waals surface area contributed by atoms with Crippen LogP contribution in [0.3, 0.4) is 0 Å². The highest BCUT2D eigenvalue weighted by Gasteiger charge is 2.24. The Hall–Kier alpha value is -3.60. The highest BCUT2D eigenvalue weighted by atomic mass is 19.1. The Morgan fingerprint density at radius 1 is 1.16 bits per heavy atom. The highest BCUT2D eigenvalue weighted by molar-refractivity contribution is 6.03. The lowest BCUT2D eigenvalue weighted by Crippen LogP contribution is -2.06. The van der Waals surface area contributed by atoms with Gasteiger partial charge in [0.1, 0.15) is 11.6 Å². The minimum Gasteiger partial charge on any atom is -0.506 e. The van der Waals surface area contributed by atoms with Gasteiger partial charge in [-0.05, 0) is 49.2 Å². The van der Waals surface area contributed by atoms with Crippen molar-refractivity contribution in [1.29, 1.82) is 0 Å². The molecule has 4 rings (SSSR count). The number of methoxy groups -OCH3 is 1. The van der Waals surface area contributed by atoms with E-state index >= 15 is 0 Å². The van der Waals surface area contributed by atoms with E-state index in [4.69, 9.17) is 4.74 Å². The van der Waals surface area contributed by atoms with E-state index in [2.05, 4.69) is 30.6 Å². The molecular weight excluding hydrogens is 391 g/mol. The lowest BCUT2D eigenvalue weighted by molar-refractivity contribution is 0.398. The summed E-state index contributed by atoms with van der Waals surface area (Å²) in [6, 6.07) is 16.7. The molecule has 158 valence electrons. The van der Waals surface area contributed by atoms with Gasteiger partial charge >= 0.3 is 0 Å². The molecule has 2 aromatic heterocycles. The van der Waals surface area contributed by atoms with E-state index in [9.17, 15) is 9.50 Å². The molecule has 0 saturated heterocycles. The zero-order valence-corrected chi connectivity index (χ0v) is 17.9. The summed E-state index contributed by atoms with van der Waals surface area (Å²) in [5.74, 6) is 0.0812. The zero-order valence-electron chi connectivity index (χ0n) is 17.9. The fraction of sp³-hybridized carbons (Fsp3) is 0.192. The third kappa shape index (κ3) is 3.67. The van der Waals surface area contributed by atoms with Crippen molar-refractivity contribution < 1.29 is 14.2 Å². The number of rotatable bonds is 6. The first-order valence-corrected chi connectivity index (χ1v) is 10.2. The number of aliphatic hydroxyl groups is 1. The van der Waals surface area contributed by atoms with Crippen molar-refractivity contribution in [3.05, 3.63) is 89.5 Å². The Bertz CT molecular complexity index is 1290. The van der Waals surface area contributed by atoms with E-state index in [-0.39, 0.29) is 18.1 Å². The molecular formula is C26H25FN2O2. The van der Waals surface area contributed by atoms with Crippen molar-refractivity contribution in [3.63, 3.8) is 0 Å². The minimum absolute atomic E-state index is 0.0942. The first kappa shape index (κ1) is 20.7. The number of pyridine rings is 1. The van der Waals surface area contributed by atoms with Crippen molar-refractivity contribution in [3.8, 4) is 17.0 Å². The average Bonchev–Trinajstić information content (AvgIpc) is 3.08. The Morgan fingerprint density at radius 3 is 2.61 bits per heavy atom. The molecule has 0 saturated carbocycles. The van der Waals surface area contributed by atoms with Crippen LogP contribution < -0.4 is 4.74 Å². The predicted molar refractivity (Wildman–Crippen MR) is 123 cm³/mol. The summed E-state index contributed by atoms with van der Waals surface area (Å²) in [4.78, 5) is 4.52. The summed E-state index contributed by atoms with van der Waals surface area (Å²) in [5.41, 5.74) is 5.45. The Labute approximate surface area is 181 Å². The molecule has 0 aliphatic heterocycles. The predicted octanol–water partition coefficient (Wildman–Crippen LogP) is 6.30. The quantitative estimate of drug-likeness (QED) is 0.375. The molecule has 0 unspecified atom stereocenters. The summed E-state index contributed by atoms with van der Waals surface area (Å²) in [6.07, 6.45) is 0.868. The van der Waals surface area contributed by atoms with Crippen LogP contribution >= 0.6 is 0 Å². The number of aliphatic hydroxyl groups excluding tert-OH is 1. The third-order valence-corrected chi connectivity index (χ3v) is 5.56. The number of hydrogen-bond acceptors (Lipinski definition) is 3. The second-order valence-corrected chi connectivity index (χ2v) is 7.56. The molecule has 0 amide bonds. The maximum Gasteiger partial charge on any atom is 0.221 e. The topological polar surface area (TPSA) is 47.3 Å². The van der Waals surface area contributed by atoms with Gasteiger partial charge in [-0.3, -0.25) is 0 Å². The number of aryl methyl sites for hydroxylation is 2. The number of nitrogens with zero attached hydrogens (tertiary/aromatic N) is 2. The van der Waals surface area contributed by atoms with Crippen LogP contribution in [0.25, 0.3) is 27.8 Å². The number of fused-ring (bicyclic) bond motifs is 1. The van der Waals surface area contributed by atoms with Crippen molar-refractivity contribution in [2.75, 3.05) is 7.11 Å². The molecule has 2 heterocycles. The molecule has 2 aromatic carbocycles. The second kappa shape index (κ2) is 8.26. The molecule has 0 bridgehead atoms. The van der Waals surface area contributed by atoms with E-state index < -0.39 is 0 Å². The van der Waals surface area contributed by atoms with Crippen LogP contribution in [-0.4, -0.2) is 21.8 Å². The van der Waals surface area contributed by atoms with E-state index in [1.807, 2.05) is 29.7 Å². The molecule has 0 fully saturated rings. The Morgan fingerprint density at radius 2 is 1.94 bits per heavy atom. The first-order chi connectivity index (χ1) is 14.9. The van der Waals surface area contributed by atoms with Crippen LogP contribution in [-0.2, 0) is 13.0 Å². The van der Waals surface area contributed by atoms with Gasteiger partial charge in [-0.2, -0.15) is 0 Å². The summed E-state index contributed by atoms with van der Waals surface area (Å²) >= 11 is 0. The van der Waals surface area contributed by atoms with E-state index in [0.717, 1.165) is 39.7 Å². The number of hydrogen-bond donors (Lipinski definition) is 1. The van der Waals surface area contributed by atoms with Gasteiger partial charge in [-0.1, -0.05) is 37.8 Å². The number of halogens is 1. The molecule has 0 radical (unpaired) electrons. The van der Waals surface area contributed by atoms with Gasteiger partial charge in [0.15, 0.2) is 0 Å². The smallest absolute Gasteiger partial charge is 0.221 e. The fourth-order valence-corrected chi connectivity index (χ4v) is 4.03. The van der Waals surface area contributed by atoms with Crippen LogP contribution in [0.2, 0.25) is 0 Å². The fourth-order valence-electron chi connectivity index (χ4n) is 4.03. The molecule has 0 aliphatic rings. The number of benzene rings is 2. The summed E-state index contributed by atoms with van der Waals surface area (Å²) in [6.45, 7) is 8.07. The van der Waals surface area contributed by atoms with Crippen molar-refractivity contribution in [2.45, 2.75) is 26.8 Å². The van der Waals surface area contributed by atoms with Gasteiger partial charge in [0.25, 0.3) is 0 Å². The van der Waals surface area contributed by atoms with Crippen LogP contribution in [0.1, 0.15) is 29.4 Å². The summed E-state index contributed by atoms with van der Waals surface area (Å²) in [7, 11) is 1.58. The lowest BCUT2D eigenvalue weighted by Gasteiger charge is -2.13. The molecule has 0 aliphatic carbocycles. The van der Waals surface area contributed by atoms with Crippen molar-refractivity contribution in [2.24, 2.45) is 0 Å². The first-order valence-electron chi connectivity index (χ1n) is 10.2. The Balaban J connectivity index is 2.09. The van der Waals surface area contributed by atoms with Crippen LogP contribution in [0.5, 0.6) is 5.88 Å². The molecule has 1 N–H and O–H groups in total. The van der Waals surface area contributed by atoms with E-state index in [0.29, 0.717) is 17.1 Å². The van der Waals surface area contributed by atoms with Crippen LogP contribution in [0.4, 0.5) is 4.39 Å². The molecule has 31 heavy (non-hydrogen) atoms. The maximum atomic E-state index is 14.5. The van der Waals surface area contributed by atoms with Crippen LogP contribution in [0, 0.1) is 12.7 Å². The summed E-state index contributed by atoms with van der Waals surface area (Å²) in [5, 5.41) is 11.6. The molecule has 0 atom stereocenters. The van der Waals surface area contributed by atoms with Gasteiger partial charge in [-0.25, -0.2) is 9.37 Å². The molecule has 4 nitrogen and oxygen atoms in total. The zero-order chi connectivity index (χ0) is 22.1. The lowest BCUT2D eigenvalue weighted by atomic mass is 10.00. The second-order valence-electron chi connectivity index (χ2n) is 7.56. The number of ether oxygens (including phenoxy) is 1. The van der Waals surface area contributed by atoms with Crippen LogP contribution in [0.15, 0.2) is 61.2 Å². The van der Waals surface area contributed by atoms with E-state index in [1.54, 1.807) is 25.3 Å². The standard InChI is InChI=1S/C26H25FN2O2/c1-5-18-11-13-23-21(14-18)24(20-12-10-16(2)28-26(20)31-4)25(17(3)30)29(23)15-19-8-6-7-9-22(19)27/h6-14,30H,3,5,15H2,1-2,4H3. The number of aromatic nitrogens is 2. The van der Waals surface area contributed by atoms with Gasteiger partial charge in [0.2, 0.25) is 5.88 Å². The van der Waals surface area contributed by atoms with Crippen molar-refractivity contribution >= 4 is 16.7 Å². The van der Waals surface area contributed by atoms with Gasteiger partial charge in [-0.15, -0.1) is 0 Å². The normalized spacial score (nSPS) is 11.1. The maximum absolute atomic E-state index is 14.5. The SMILES string of the molecule is C=C(O)c1c(-c2ccc(C)nc2OC)c2cc(CC)ccc2n1Cc1ccccc1F. The van der Waals surface area contributed by atoms with Crippen molar-refractivity contribution in [1.82, 2.24) is 9.55 Å². The summed E-state index contributed by atoms with van der Waals surface area (Å²) < 4.78 is 22.0. The van der Waals surface area contributed by atoms with Gasteiger partial charge in [0, 0.05) is 33.3 Å². The molecule has 5 heteroatoms. The Kier molecular flexibility index (Phi) is 5.51. The van der Waals surface area contributed by atoms with Gasteiger partial charge in [0.05, 0.1) is 19.3 Å². The monoisotopic (exact) mass is 416 g/mol. The average molecular weight is 416 g/mol. The molecule has 0 spiro atoms. The van der Waals surface area contributed by atoms with Gasteiger partial charge < -0.3 is 14.4 Å². The minimum atomic E-state index is -0.292. The third-order valence-electron chi connectivity index (χ3n) is 5.56. The highest BCUT2D eigenvalue weighted by Crippen LogP contribution is 2.42. The largest absolute Gasteiger partial charge is 0.506 e. The molecule has 4 aromatic rings.